The number of carbonyl (C=O) groups is 1. The van der Waals surface area contributed by atoms with Crippen LogP contribution in [0.15, 0.2) is 30.3 Å². The summed E-state index contributed by atoms with van der Waals surface area (Å²) in [6.07, 6.45) is 0. The Bertz CT molecular complexity index is 639. The molecule has 2 rings (SSSR count). The molecule has 0 aliphatic carbocycles. The minimum absolute atomic E-state index is 0.267. The highest BCUT2D eigenvalue weighted by Gasteiger charge is 2.10. The van der Waals surface area contributed by atoms with Gasteiger partial charge < -0.3 is 10.1 Å². The normalized spacial score (nSPS) is 11.8. The van der Waals surface area contributed by atoms with Crippen LogP contribution in [0.5, 0.6) is 11.8 Å². The summed E-state index contributed by atoms with van der Waals surface area (Å²) in [5.41, 5.74) is 2.27. The first-order chi connectivity index (χ1) is 9.94. The average Bonchev–Trinajstić information content (AvgIpc) is 2.37. The zero-order valence-electron chi connectivity index (χ0n) is 12.1. The van der Waals surface area contributed by atoms with Gasteiger partial charge in [0, 0.05) is 23.1 Å². The van der Waals surface area contributed by atoms with E-state index >= 15 is 0 Å². The first-order valence-electron chi connectivity index (χ1n) is 6.49. The van der Waals surface area contributed by atoms with Gasteiger partial charge >= 0.3 is 6.01 Å². The summed E-state index contributed by atoms with van der Waals surface area (Å²) in [5, 5.41) is 2.10. The Morgan fingerprint density at radius 1 is 1.24 bits per heavy atom. The SMILES string of the molecule is Cc1cc(C)nc(Oc2cccc(NC(=O)C(C)Cl)c2)n1. The van der Waals surface area contributed by atoms with Gasteiger partial charge in [-0.1, -0.05) is 6.07 Å². The lowest BCUT2D eigenvalue weighted by molar-refractivity contribution is -0.115. The highest BCUT2D eigenvalue weighted by Crippen LogP contribution is 2.22. The zero-order chi connectivity index (χ0) is 15.4. The molecule has 0 fully saturated rings. The van der Waals surface area contributed by atoms with Crippen LogP contribution in [0.25, 0.3) is 0 Å². The number of nitrogens with zero attached hydrogens (tertiary/aromatic N) is 2. The third kappa shape index (κ3) is 4.43. The molecule has 6 heteroatoms. The second-order valence-corrected chi connectivity index (χ2v) is 5.32. The van der Waals surface area contributed by atoms with Gasteiger partial charge in [-0.25, -0.2) is 9.97 Å². The summed E-state index contributed by atoms with van der Waals surface area (Å²) in [4.78, 5) is 20.0. The topological polar surface area (TPSA) is 64.1 Å². The molecule has 1 atom stereocenters. The number of ether oxygens (including phenoxy) is 1. The predicted octanol–water partition coefficient (Wildman–Crippen LogP) is 3.45. The summed E-state index contributed by atoms with van der Waals surface area (Å²) in [6.45, 7) is 5.36. The molecule has 1 amide bonds. The number of nitrogens with one attached hydrogen (secondary N) is 1. The number of aromatic nitrogens is 2. The molecule has 1 N–H and O–H groups in total. The van der Waals surface area contributed by atoms with E-state index in [0.29, 0.717) is 11.4 Å². The molecule has 0 bridgehead atoms. The fourth-order valence-corrected chi connectivity index (χ4v) is 1.78. The summed E-state index contributed by atoms with van der Waals surface area (Å²) < 4.78 is 5.62. The number of hydrogen-bond acceptors (Lipinski definition) is 4. The molecule has 0 aliphatic heterocycles. The lowest BCUT2D eigenvalue weighted by atomic mass is 10.3. The molecule has 0 radical (unpaired) electrons. The van der Waals surface area contributed by atoms with E-state index in [-0.39, 0.29) is 11.9 Å². The Morgan fingerprint density at radius 3 is 2.52 bits per heavy atom. The number of anilines is 1. The average molecular weight is 306 g/mol. The number of hydrogen-bond donors (Lipinski definition) is 1. The molecular weight excluding hydrogens is 290 g/mol. The third-order valence-electron chi connectivity index (χ3n) is 2.63. The van der Waals surface area contributed by atoms with Gasteiger partial charge in [0.15, 0.2) is 0 Å². The summed E-state index contributed by atoms with van der Waals surface area (Å²) in [7, 11) is 0. The Morgan fingerprint density at radius 2 is 1.90 bits per heavy atom. The summed E-state index contributed by atoms with van der Waals surface area (Å²) in [5.74, 6) is 0.275. The maximum Gasteiger partial charge on any atom is 0.322 e. The number of halogens is 1. The lowest BCUT2D eigenvalue weighted by Crippen LogP contribution is -2.20. The van der Waals surface area contributed by atoms with Crippen molar-refractivity contribution in [3.63, 3.8) is 0 Å². The second kappa shape index (κ2) is 6.54. The van der Waals surface area contributed by atoms with Gasteiger partial charge in [-0.2, -0.15) is 0 Å². The van der Waals surface area contributed by atoms with Gasteiger partial charge in [-0.3, -0.25) is 4.79 Å². The molecule has 0 aliphatic rings. The second-order valence-electron chi connectivity index (χ2n) is 4.67. The molecule has 1 unspecified atom stereocenters. The molecular formula is C15H16ClN3O2. The number of benzene rings is 1. The van der Waals surface area contributed by atoms with Gasteiger partial charge in [0.2, 0.25) is 5.91 Å². The first kappa shape index (κ1) is 15.3. The third-order valence-corrected chi connectivity index (χ3v) is 2.83. The van der Waals surface area contributed by atoms with Crippen molar-refractivity contribution in [2.45, 2.75) is 26.1 Å². The smallest absolute Gasteiger partial charge is 0.322 e. The lowest BCUT2D eigenvalue weighted by Gasteiger charge is -2.09. The van der Waals surface area contributed by atoms with Gasteiger partial charge in [0.25, 0.3) is 0 Å². The van der Waals surface area contributed by atoms with Crippen LogP contribution in [0, 0.1) is 13.8 Å². The fraction of sp³-hybridized carbons (Fsp3) is 0.267. The van der Waals surface area contributed by atoms with Crippen LogP contribution in [0.4, 0.5) is 5.69 Å². The van der Waals surface area contributed by atoms with E-state index in [1.807, 2.05) is 19.9 Å². The number of rotatable bonds is 4. The van der Waals surface area contributed by atoms with Crippen molar-refractivity contribution in [2.75, 3.05) is 5.32 Å². The van der Waals surface area contributed by atoms with Crippen LogP contribution >= 0.6 is 11.6 Å². The van der Waals surface area contributed by atoms with Crippen LogP contribution in [0.1, 0.15) is 18.3 Å². The highest BCUT2D eigenvalue weighted by atomic mass is 35.5. The van der Waals surface area contributed by atoms with E-state index in [1.165, 1.54) is 0 Å². The van der Waals surface area contributed by atoms with Gasteiger partial charge in [0.1, 0.15) is 11.1 Å². The van der Waals surface area contributed by atoms with Crippen molar-refractivity contribution in [2.24, 2.45) is 0 Å². The van der Waals surface area contributed by atoms with E-state index in [4.69, 9.17) is 16.3 Å². The van der Waals surface area contributed by atoms with E-state index in [0.717, 1.165) is 11.4 Å². The van der Waals surface area contributed by atoms with E-state index in [1.54, 1.807) is 31.2 Å². The van der Waals surface area contributed by atoms with E-state index in [9.17, 15) is 4.79 Å². The molecule has 1 aromatic heterocycles. The Labute approximate surface area is 128 Å². The first-order valence-corrected chi connectivity index (χ1v) is 6.93. The predicted molar refractivity (Wildman–Crippen MR) is 82.0 cm³/mol. The van der Waals surface area contributed by atoms with Crippen molar-refractivity contribution in [1.29, 1.82) is 0 Å². The quantitative estimate of drug-likeness (QED) is 0.879. The van der Waals surface area contributed by atoms with Crippen molar-refractivity contribution in [3.05, 3.63) is 41.7 Å². The van der Waals surface area contributed by atoms with Gasteiger partial charge in [-0.15, -0.1) is 11.6 Å². The van der Waals surface area contributed by atoms with Crippen molar-refractivity contribution < 1.29 is 9.53 Å². The molecule has 0 saturated carbocycles. The molecule has 2 aromatic rings. The van der Waals surface area contributed by atoms with Crippen LogP contribution < -0.4 is 10.1 Å². The zero-order valence-corrected chi connectivity index (χ0v) is 12.8. The molecule has 1 aromatic carbocycles. The van der Waals surface area contributed by atoms with Crippen molar-refractivity contribution in [3.8, 4) is 11.8 Å². The minimum atomic E-state index is -0.600. The number of aryl methyl sites for hydroxylation is 2. The van der Waals surface area contributed by atoms with E-state index in [2.05, 4.69) is 15.3 Å². The molecule has 0 spiro atoms. The largest absolute Gasteiger partial charge is 0.424 e. The monoisotopic (exact) mass is 305 g/mol. The van der Waals surface area contributed by atoms with Crippen molar-refractivity contribution in [1.82, 2.24) is 9.97 Å². The molecule has 21 heavy (non-hydrogen) atoms. The Hall–Kier alpha value is -2.14. The highest BCUT2D eigenvalue weighted by molar-refractivity contribution is 6.32. The Balaban J connectivity index is 2.15. The maximum atomic E-state index is 11.6. The van der Waals surface area contributed by atoms with Crippen LogP contribution in [0.3, 0.4) is 0 Å². The molecule has 0 saturated heterocycles. The standard InChI is InChI=1S/C15H16ClN3O2/c1-9-7-10(2)18-15(17-9)21-13-6-4-5-12(8-13)19-14(20)11(3)16/h4-8,11H,1-3H3,(H,19,20). The van der Waals surface area contributed by atoms with E-state index < -0.39 is 5.38 Å². The fourth-order valence-electron chi connectivity index (χ4n) is 1.72. The number of amides is 1. The molecule has 110 valence electrons. The summed E-state index contributed by atoms with van der Waals surface area (Å²) >= 11 is 5.72. The minimum Gasteiger partial charge on any atom is -0.424 e. The number of alkyl halides is 1. The number of carbonyl (C=O) groups excluding carboxylic acids is 1. The maximum absolute atomic E-state index is 11.6. The summed E-state index contributed by atoms with van der Waals surface area (Å²) in [6, 6.07) is 9.13. The van der Waals surface area contributed by atoms with Gasteiger partial charge in [0.05, 0.1) is 0 Å². The molecule has 1 heterocycles. The Kier molecular flexibility index (Phi) is 4.75. The molecule has 5 nitrogen and oxygen atoms in total. The van der Waals surface area contributed by atoms with Crippen LogP contribution in [0.2, 0.25) is 0 Å². The van der Waals surface area contributed by atoms with Gasteiger partial charge in [-0.05, 0) is 39.0 Å². The van der Waals surface area contributed by atoms with Crippen LogP contribution in [-0.4, -0.2) is 21.3 Å². The van der Waals surface area contributed by atoms with Crippen molar-refractivity contribution >= 4 is 23.2 Å². The van der Waals surface area contributed by atoms with Crippen LogP contribution in [-0.2, 0) is 4.79 Å².